The van der Waals surface area contributed by atoms with Crippen LogP contribution in [0.2, 0.25) is 18.6 Å². The van der Waals surface area contributed by atoms with Gasteiger partial charge in [0.15, 0.2) is 5.60 Å². The van der Waals surface area contributed by atoms with Crippen molar-refractivity contribution in [3.05, 3.63) is 119 Å². The number of amides is 1. The maximum atomic E-state index is 15.0. The molecular weight excluding hydrogens is 595 g/mol. The van der Waals surface area contributed by atoms with Crippen molar-refractivity contribution in [1.29, 1.82) is 0 Å². The fourth-order valence-corrected chi connectivity index (χ4v) is 11.9. The van der Waals surface area contributed by atoms with Gasteiger partial charge in [0.2, 0.25) is 0 Å². The van der Waals surface area contributed by atoms with Crippen LogP contribution in [0.1, 0.15) is 18.9 Å². The number of carbonyl (C=O) groups is 1. The van der Waals surface area contributed by atoms with Crippen molar-refractivity contribution in [2.45, 2.75) is 43.7 Å². The molecule has 1 spiro atoms. The minimum atomic E-state index is -2.34. The Balaban J connectivity index is 1.42. The fourth-order valence-electron chi connectivity index (χ4n) is 7.86. The minimum absolute atomic E-state index is 0.00857. The average Bonchev–Trinajstić information content (AvgIpc) is 3.51. The highest BCUT2D eigenvalue weighted by atomic mass is 28.3. The number of aliphatic hydroxyl groups is 1. The number of ether oxygens (including phenoxy) is 2. The molecule has 4 aromatic carbocycles. The number of anilines is 2. The summed E-state index contributed by atoms with van der Waals surface area (Å²) in [5.74, 6) is 0.377. The first-order valence-corrected chi connectivity index (χ1v) is 18.7. The summed E-state index contributed by atoms with van der Waals surface area (Å²) >= 11 is 0. The van der Waals surface area contributed by atoms with Crippen LogP contribution in [0, 0.1) is 5.92 Å². The predicted molar refractivity (Wildman–Crippen MR) is 182 cm³/mol. The molecule has 4 atom stereocenters. The van der Waals surface area contributed by atoms with E-state index < -0.39 is 13.7 Å². The van der Waals surface area contributed by atoms with Crippen molar-refractivity contribution in [3.63, 3.8) is 0 Å². The van der Waals surface area contributed by atoms with Crippen molar-refractivity contribution in [2.24, 2.45) is 5.92 Å². The molecule has 1 amide bonds. The summed E-state index contributed by atoms with van der Waals surface area (Å²) in [5, 5.41) is 17.3. The first-order valence-electron chi connectivity index (χ1n) is 15.7. The van der Waals surface area contributed by atoms with Gasteiger partial charge in [0, 0.05) is 29.2 Å². The number of aromatic nitrogens is 2. The van der Waals surface area contributed by atoms with Crippen LogP contribution in [0.4, 0.5) is 11.4 Å². The zero-order valence-electron chi connectivity index (χ0n) is 26.4. The number of methoxy groups -OCH3 is 1. The smallest absolute Gasteiger partial charge is 0.279 e. The summed E-state index contributed by atoms with van der Waals surface area (Å²) in [6, 6.07) is 30.8. The van der Waals surface area contributed by atoms with Gasteiger partial charge in [-0.15, -0.1) is 0 Å². The van der Waals surface area contributed by atoms with Crippen LogP contribution in [0.3, 0.4) is 0 Å². The average molecular weight is 632 g/mol. The van der Waals surface area contributed by atoms with E-state index >= 15 is 0 Å². The van der Waals surface area contributed by atoms with E-state index in [-0.39, 0.29) is 35.6 Å². The van der Waals surface area contributed by atoms with E-state index in [1.54, 1.807) is 24.3 Å². The summed E-state index contributed by atoms with van der Waals surface area (Å²) in [6.45, 7) is 6.68. The van der Waals surface area contributed by atoms with Crippen molar-refractivity contribution >= 4 is 41.3 Å². The standard InChI is InChI=1S/C37H37N3O5Si/c1-24-34(46(3,4)29-17-15-28(44-2)16-18-29)33(20-21-41)45-37(24)31-22-27(40-35(42)30-13-9-8-10-25(30)23-38-40)14-19-32(31)39(36(37)43)26-11-6-5-7-12-26/h5-19,22-24,33-34,41H,20-21H2,1-4H3/t24-,33+,34-,37+/m1/s1. The number of hydrogen-bond acceptors (Lipinski definition) is 6. The Kier molecular flexibility index (Phi) is 7.42. The lowest BCUT2D eigenvalue weighted by Crippen LogP contribution is -2.51. The number of carbonyl (C=O) groups excluding carboxylic acids is 1. The monoisotopic (exact) mass is 631 g/mol. The number of rotatable bonds is 7. The van der Waals surface area contributed by atoms with Gasteiger partial charge < -0.3 is 14.6 Å². The minimum Gasteiger partial charge on any atom is -0.497 e. The maximum Gasteiger partial charge on any atom is 0.279 e. The van der Waals surface area contributed by atoms with Gasteiger partial charge in [0.1, 0.15) is 5.75 Å². The van der Waals surface area contributed by atoms with Gasteiger partial charge in [-0.3, -0.25) is 14.5 Å². The lowest BCUT2D eigenvalue weighted by Gasteiger charge is -2.37. The van der Waals surface area contributed by atoms with Gasteiger partial charge in [0.05, 0.1) is 44.2 Å². The van der Waals surface area contributed by atoms with Crippen LogP contribution >= 0.6 is 0 Å². The van der Waals surface area contributed by atoms with E-state index in [9.17, 15) is 14.7 Å². The molecule has 0 bridgehead atoms. The molecular formula is C37H37N3O5Si. The van der Waals surface area contributed by atoms with Crippen molar-refractivity contribution in [2.75, 3.05) is 18.6 Å². The molecule has 5 aromatic rings. The van der Waals surface area contributed by atoms with Gasteiger partial charge in [-0.1, -0.05) is 73.7 Å². The van der Waals surface area contributed by atoms with Crippen molar-refractivity contribution in [1.82, 2.24) is 9.78 Å². The number of benzene rings is 4. The molecule has 2 aliphatic heterocycles. The molecule has 1 fully saturated rings. The van der Waals surface area contributed by atoms with Crippen LogP contribution in [-0.2, 0) is 15.1 Å². The van der Waals surface area contributed by atoms with E-state index in [1.807, 2.05) is 78.9 Å². The Bertz CT molecular complexity index is 1990. The number of aliphatic hydroxyl groups excluding tert-OH is 1. The third kappa shape index (κ3) is 4.45. The second kappa shape index (κ2) is 11.3. The lowest BCUT2D eigenvalue weighted by atomic mass is 9.82. The van der Waals surface area contributed by atoms with E-state index in [0.717, 1.165) is 16.8 Å². The van der Waals surface area contributed by atoms with E-state index in [2.05, 4.69) is 37.2 Å². The van der Waals surface area contributed by atoms with Crippen LogP contribution in [0.5, 0.6) is 5.75 Å². The summed E-state index contributed by atoms with van der Waals surface area (Å²) < 4.78 is 13.9. The molecule has 3 heterocycles. The molecule has 0 radical (unpaired) electrons. The van der Waals surface area contributed by atoms with E-state index in [1.165, 1.54) is 9.87 Å². The maximum absolute atomic E-state index is 15.0. The normalized spacial score (nSPS) is 22.5. The fraction of sp³-hybridized carbons (Fsp3) is 0.270. The number of nitrogens with zero attached hydrogens (tertiary/aromatic N) is 3. The first kappa shape index (κ1) is 30.1. The molecule has 1 saturated heterocycles. The molecule has 1 aromatic heterocycles. The zero-order valence-corrected chi connectivity index (χ0v) is 27.4. The molecule has 46 heavy (non-hydrogen) atoms. The third-order valence-electron chi connectivity index (χ3n) is 10.1. The molecule has 234 valence electrons. The largest absolute Gasteiger partial charge is 0.497 e. The second-order valence-corrected chi connectivity index (χ2v) is 17.5. The quantitative estimate of drug-likeness (QED) is 0.233. The molecule has 0 saturated carbocycles. The summed E-state index contributed by atoms with van der Waals surface area (Å²) in [5.41, 5.74) is 1.14. The third-order valence-corrected chi connectivity index (χ3v) is 14.5. The van der Waals surface area contributed by atoms with Gasteiger partial charge >= 0.3 is 0 Å². The molecule has 1 N–H and O–H groups in total. The van der Waals surface area contributed by atoms with E-state index in [0.29, 0.717) is 28.7 Å². The number of para-hydroxylation sites is 1. The topological polar surface area (TPSA) is 93.9 Å². The van der Waals surface area contributed by atoms with Crippen molar-refractivity contribution in [3.8, 4) is 11.4 Å². The summed E-state index contributed by atoms with van der Waals surface area (Å²) in [4.78, 5) is 30.4. The predicted octanol–water partition coefficient (Wildman–Crippen LogP) is 5.67. The van der Waals surface area contributed by atoms with Crippen LogP contribution < -0.4 is 20.4 Å². The Labute approximate surface area is 268 Å². The number of fused-ring (bicyclic) bond motifs is 3. The lowest BCUT2D eigenvalue weighted by molar-refractivity contribution is -0.145. The highest BCUT2D eigenvalue weighted by Gasteiger charge is 2.66. The van der Waals surface area contributed by atoms with Gasteiger partial charge in [-0.05, 0) is 60.5 Å². The van der Waals surface area contributed by atoms with Crippen molar-refractivity contribution < 1.29 is 19.4 Å². The Morgan fingerprint density at radius 2 is 1.65 bits per heavy atom. The molecule has 7 rings (SSSR count). The van der Waals surface area contributed by atoms with Gasteiger partial charge in [-0.2, -0.15) is 9.78 Å². The van der Waals surface area contributed by atoms with Crippen LogP contribution in [-0.4, -0.2) is 48.7 Å². The molecule has 0 aliphatic carbocycles. The summed E-state index contributed by atoms with van der Waals surface area (Å²) in [6.07, 6.45) is 1.73. The first-order chi connectivity index (χ1) is 22.2. The number of hydrogen-bond donors (Lipinski definition) is 1. The van der Waals surface area contributed by atoms with Crippen LogP contribution in [0.15, 0.2) is 108 Å². The molecule has 0 unspecified atom stereocenters. The summed E-state index contributed by atoms with van der Waals surface area (Å²) in [7, 11) is -0.682. The second-order valence-electron chi connectivity index (χ2n) is 12.8. The zero-order chi connectivity index (χ0) is 32.2. The highest BCUT2D eigenvalue weighted by molar-refractivity contribution is 6.91. The van der Waals surface area contributed by atoms with Crippen LogP contribution in [0.25, 0.3) is 16.5 Å². The molecule has 9 heteroatoms. The highest BCUT2D eigenvalue weighted by Crippen LogP contribution is 2.61. The Morgan fingerprint density at radius 3 is 2.37 bits per heavy atom. The Hall–Kier alpha value is -4.57. The molecule has 8 nitrogen and oxygen atoms in total. The van der Waals surface area contributed by atoms with E-state index in [4.69, 9.17) is 9.47 Å². The van der Waals surface area contributed by atoms with Gasteiger partial charge in [-0.25, -0.2) is 0 Å². The Morgan fingerprint density at radius 1 is 0.935 bits per heavy atom. The molecule has 2 aliphatic rings. The van der Waals surface area contributed by atoms with Gasteiger partial charge in [0.25, 0.3) is 11.5 Å². The SMILES string of the molecule is COc1ccc([Si](C)(C)[C@H]2[C@H](CCO)O[C@@]3(C(=O)N(c4ccccc4)c4ccc(-n5ncc6ccccc6c5=O)cc43)[C@@H]2C)cc1.